The van der Waals surface area contributed by atoms with Gasteiger partial charge in [-0.1, -0.05) is 0 Å². The van der Waals surface area contributed by atoms with Gasteiger partial charge in [0.25, 0.3) is 5.56 Å². The predicted molar refractivity (Wildman–Crippen MR) is 97.6 cm³/mol. The second kappa shape index (κ2) is 6.17. The van der Waals surface area contributed by atoms with Crippen molar-refractivity contribution in [1.29, 1.82) is 0 Å². The molecule has 1 aromatic heterocycles. The Morgan fingerprint density at radius 3 is 2.44 bits per heavy atom. The summed E-state index contributed by atoms with van der Waals surface area (Å²) in [5.41, 5.74) is 1.29. The highest BCUT2D eigenvalue weighted by Crippen LogP contribution is 2.39. The molecule has 0 amide bonds. The van der Waals surface area contributed by atoms with Crippen molar-refractivity contribution in [2.45, 2.75) is 6.67 Å². The number of nitrogens with zero attached hydrogens (tertiary/aromatic N) is 2. The Hall–Kier alpha value is -3.26. The first-order chi connectivity index (χ1) is 13.2. The molecule has 3 heterocycles. The van der Waals surface area contributed by atoms with Crippen LogP contribution in [0, 0.1) is 0 Å². The standard InChI is InChI=1S/C19H17N3O5/c1-20-9-22-19(23)13-8-17-16(26-10-27-17)7-12(13)18(21-22)11-2-3-14-15(6-11)25-5-4-24-14/h2-3,6-8,20H,4-5,9-10H2,1H3. The summed E-state index contributed by atoms with van der Waals surface area (Å²) in [4.78, 5) is 12.9. The number of ether oxygens (including phenoxy) is 4. The van der Waals surface area contributed by atoms with Crippen molar-refractivity contribution in [2.75, 3.05) is 27.1 Å². The molecule has 2 aromatic carbocycles. The Morgan fingerprint density at radius 2 is 1.67 bits per heavy atom. The number of nitrogens with one attached hydrogen (secondary N) is 1. The SMILES string of the molecule is CNCn1nc(-c2ccc3c(c2)OCCO3)c2cc3c(cc2c1=O)OCO3. The Balaban J connectivity index is 1.77. The highest BCUT2D eigenvalue weighted by atomic mass is 16.7. The van der Waals surface area contributed by atoms with E-state index >= 15 is 0 Å². The van der Waals surface area contributed by atoms with Crippen LogP contribution in [0.15, 0.2) is 35.1 Å². The molecule has 0 fully saturated rings. The smallest absolute Gasteiger partial charge is 0.276 e. The van der Waals surface area contributed by atoms with Crippen LogP contribution in [-0.2, 0) is 6.67 Å². The number of benzene rings is 2. The van der Waals surface area contributed by atoms with Gasteiger partial charge in [0.15, 0.2) is 23.0 Å². The lowest BCUT2D eigenvalue weighted by molar-refractivity contribution is 0.171. The van der Waals surface area contributed by atoms with E-state index in [0.29, 0.717) is 59.3 Å². The van der Waals surface area contributed by atoms with Crippen LogP contribution in [0.1, 0.15) is 0 Å². The number of hydrogen-bond acceptors (Lipinski definition) is 7. The van der Waals surface area contributed by atoms with Gasteiger partial charge < -0.3 is 24.3 Å². The van der Waals surface area contributed by atoms with E-state index in [4.69, 9.17) is 18.9 Å². The van der Waals surface area contributed by atoms with Crippen LogP contribution >= 0.6 is 0 Å². The quantitative estimate of drug-likeness (QED) is 0.755. The first kappa shape index (κ1) is 16.0. The zero-order chi connectivity index (χ0) is 18.4. The average molecular weight is 367 g/mol. The van der Waals surface area contributed by atoms with E-state index in [1.54, 1.807) is 13.1 Å². The van der Waals surface area contributed by atoms with Gasteiger partial charge in [-0.2, -0.15) is 5.10 Å². The molecule has 0 saturated carbocycles. The molecular weight excluding hydrogens is 350 g/mol. The average Bonchev–Trinajstić information content (AvgIpc) is 3.16. The first-order valence-corrected chi connectivity index (χ1v) is 8.64. The molecule has 1 N–H and O–H groups in total. The maximum absolute atomic E-state index is 12.9. The lowest BCUT2D eigenvalue weighted by atomic mass is 10.0. The molecule has 2 aliphatic rings. The van der Waals surface area contributed by atoms with Crippen molar-refractivity contribution in [1.82, 2.24) is 15.1 Å². The van der Waals surface area contributed by atoms with E-state index in [1.165, 1.54) is 4.68 Å². The van der Waals surface area contributed by atoms with E-state index < -0.39 is 0 Å². The minimum atomic E-state index is -0.195. The second-order valence-corrected chi connectivity index (χ2v) is 6.27. The molecule has 2 aliphatic heterocycles. The molecule has 138 valence electrons. The van der Waals surface area contributed by atoms with Crippen molar-refractivity contribution in [3.63, 3.8) is 0 Å². The van der Waals surface area contributed by atoms with Crippen LogP contribution in [0.3, 0.4) is 0 Å². The number of hydrogen-bond donors (Lipinski definition) is 1. The largest absolute Gasteiger partial charge is 0.486 e. The highest BCUT2D eigenvalue weighted by Gasteiger charge is 2.21. The fraction of sp³-hybridized carbons (Fsp3) is 0.263. The second-order valence-electron chi connectivity index (χ2n) is 6.27. The summed E-state index contributed by atoms with van der Waals surface area (Å²) >= 11 is 0. The third-order valence-corrected chi connectivity index (χ3v) is 4.58. The summed E-state index contributed by atoms with van der Waals surface area (Å²) in [6.45, 7) is 1.47. The van der Waals surface area contributed by atoms with Gasteiger partial charge >= 0.3 is 0 Å². The summed E-state index contributed by atoms with van der Waals surface area (Å²) < 4.78 is 23.6. The Labute approximate surface area is 154 Å². The van der Waals surface area contributed by atoms with Crippen LogP contribution in [0.2, 0.25) is 0 Å². The summed E-state index contributed by atoms with van der Waals surface area (Å²) in [5, 5.41) is 8.78. The molecular formula is C19H17N3O5. The van der Waals surface area contributed by atoms with Crippen LogP contribution in [-0.4, -0.2) is 36.8 Å². The Morgan fingerprint density at radius 1 is 0.963 bits per heavy atom. The van der Waals surface area contributed by atoms with Crippen molar-refractivity contribution >= 4 is 10.8 Å². The topological polar surface area (TPSA) is 83.8 Å². The Kier molecular flexibility index (Phi) is 3.64. The molecule has 8 nitrogen and oxygen atoms in total. The zero-order valence-electron chi connectivity index (χ0n) is 14.7. The highest BCUT2D eigenvalue weighted by molar-refractivity contribution is 5.96. The fourth-order valence-corrected chi connectivity index (χ4v) is 3.33. The van der Waals surface area contributed by atoms with Crippen LogP contribution in [0.5, 0.6) is 23.0 Å². The van der Waals surface area contributed by atoms with Crippen LogP contribution < -0.4 is 29.8 Å². The minimum absolute atomic E-state index is 0.142. The molecule has 27 heavy (non-hydrogen) atoms. The summed E-state index contributed by atoms with van der Waals surface area (Å²) in [7, 11) is 1.77. The van der Waals surface area contributed by atoms with Gasteiger partial charge in [-0.05, 0) is 37.4 Å². The molecule has 0 atom stereocenters. The molecule has 0 spiro atoms. The van der Waals surface area contributed by atoms with Gasteiger partial charge in [0.2, 0.25) is 6.79 Å². The van der Waals surface area contributed by atoms with E-state index in [-0.39, 0.29) is 12.4 Å². The number of fused-ring (bicyclic) bond motifs is 3. The third-order valence-electron chi connectivity index (χ3n) is 4.58. The van der Waals surface area contributed by atoms with Crippen molar-refractivity contribution < 1.29 is 18.9 Å². The Bertz CT molecular complexity index is 1110. The van der Waals surface area contributed by atoms with Crippen molar-refractivity contribution in [2.24, 2.45) is 0 Å². The molecule has 0 unspecified atom stereocenters. The molecule has 5 rings (SSSR count). The maximum Gasteiger partial charge on any atom is 0.276 e. The molecule has 3 aromatic rings. The molecule has 0 radical (unpaired) electrons. The van der Waals surface area contributed by atoms with E-state index in [2.05, 4.69) is 10.4 Å². The lowest BCUT2D eigenvalue weighted by Crippen LogP contribution is -2.29. The number of rotatable bonds is 3. The molecule has 0 bridgehead atoms. The minimum Gasteiger partial charge on any atom is -0.486 e. The predicted octanol–water partition coefficient (Wildman–Crippen LogP) is 1.74. The van der Waals surface area contributed by atoms with Gasteiger partial charge in [0, 0.05) is 10.9 Å². The third kappa shape index (κ3) is 2.57. The van der Waals surface area contributed by atoms with E-state index in [0.717, 1.165) is 5.56 Å². The summed E-state index contributed by atoms with van der Waals surface area (Å²) in [6, 6.07) is 9.18. The molecule has 0 saturated heterocycles. The van der Waals surface area contributed by atoms with E-state index in [1.807, 2.05) is 24.3 Å². The molecule has 0 aliphatic carbocycles. The van der Waals surface area contributed by atoms with Gasteiger partial charge in [0.05, 0.1) is 17.7 Å². The fourth-order valence-electron chi connectivity index (χ4n) is 3.33. The van der Waals surface area contributed by atoms with Crippen molar-refractivity contribution in [3.8, 4) is 34.3 Å². The first-order valence-electron chi connectivity index (χ1n) is 8.64. The monoisotopic (exact) mass is 367 g/mol. The van der Waals surface area contributed by atoms with Gasteiger partial charge in [-0.15, -0.1) is 0 Å². The maximum atomic E-state index is 12.9. The van der Waals surface area contributed by atoms with Gasteiger partial charge in [-0.25, -0.2) is 4.68 Å². The lowest BCUT2D eigenvalue weighted by Gasteiger charge is -2.19. The zero-order valence-corrected chi connectivity index (χ0v) is 14.7. The normalized spacial score (nSPS) is 14.6. The number of aromatic nitrogens is 2. The van der Waals surface area contributed by atoms with Crippen LogP contribution in [0.25, 0.3) is 22.0 Å². The summed E-state index contributed by atoms with van der Waals surface area (Å²) in [5.74, 6) is 2.54. The van der Waals surface area contributed by atoms with Gasteiger partial charge in [0.1, 0.15) is 13.2 Å². The van der Waals surface area contributed by atoms with Gasteiger partial charge in [-0.3, -0.25) is 4.79 Å². The molecule has 8 heteroatoms. The summed E-state index contributed by atoms with van der Waals surface area (Å²) in [6.07, 6.45) is 0. The van der Waals surface area contributed by atoms with Crippen LogP contribution in [0.4, 0.5) is 0 Å². The van der Waals surface area contributed by atoms with E-state index in [9.17, 15) is 4.79 Å². The van der Waals surface area contributed by atoms with Crippen molar-refractivity contribution in [3.05, 3.63) is 40.7 Å².